The summed E-state index contributed by atoms with van der Waals surface area (Å²) in [7, 11) is 0. The monoisotopic (exact) mass is 410 g/mol. The highest BCUT2D eigenvalue weighted by atomic mass is 16.5. The third-order valence-corrected chi connectivity index (χ3v) is 5.11. The minimum Gasteiger partial charge on any atom is -0.508 e. The predicted octanol–water partition coefficient (Wildman–Crippen LogP) is 5.73. The average molecular weight is 410 g/mol. The van der Waals surface area contributed by atoms with Crippen LogP contribution in [0.5, 0.6) is 11.5 Å². The zero-order valence-electron chi connectivity index (χ0n) is 17.1. The van der Waals surface area contributed by atoms with Gasteiger partial charge in [0.05, 0.1) is 11.7 Å². The minimum atomic E-state index is -0.521. The van der Waals surface area contributed by atoms with Crippen LogP contribution in [0.15, 0.2) is 85.6 Å². The normalized spacial score (nSPS) is 11.8. The first kappa shape index (κ1) is 20.2. The highest BCUT2D eigenvalue weighted by molar-refractivity contribution is 6.02. The molecule has 0 saturated carbocycles. The zero-order chi connectivity index (χ0) is 21.8. The van der Waals surface area contributed by atoms with E-state index in [1.165, 1.54) is 0 Å². The molecular formula is C26H22N2O3. The van der Waals surface area contributed by atoms with E-state index in [1.54, 1.807) is 24.4 Å². The molecule has 0 radical (unpaired) electrons. The summed E-state index contributed by atoms with van der Waals surface area (Å²) in [6.45, 7) is 5.57. The van der Waals surface area contributed by atoms with Gasteiger partial charge in [-0.15, -0.1) is 0 Å². The van der Waals surface area contributed by atoms with Crippen LogP contribution in [0.2, 0.25) is 0 Å². The molecule has 0 aliphatic heterocycles. The second kappa shape index (κ2) is 8.71. The van der Waals surface area contributed by atoms with E-state index in [0.29, 0.717) is 12.2 Å². The van der Waals surface area contributed by atoms with Gasteiger partial charge < -0.3 is 9.84 Å². The van der Waals surface area contributed by atoms with Gasteiger partial charge in [-0.2, -0.15) is 5.10 Å². The topological polar surface area (TPSA) is 75.2 Å². The number of aromatic hydroxyl groups is 1. The molecule has 1 aromatic heterocycles. The Morgan fingerprint density at radius 1 is 1.10 bits per heavy atom. The number of benzene rings is 3. The molecule has 5 heteroatoms. The molecule has 0 fully saturated rings. The number of rotatable bonds is 6. The van der Waals surface area contributed by atoms with Crippen molar-refractivity contribution in [1.82, 2.24) is 10.2 Å². The fourth-order valence-electron chi connectivity index (χ4n) is 3.72. The van der Waals surface area contributed by atoms with Gasteiger partial charge in [-0.3, -0.25) is 5.10 Å². The van der Waals surface area contributed by atoms with Gasteiger partial charge in [0.25, 0.3) is 0 Å². The van der Waals surface area contributed by atoms with Gasteiger partial charge in [-0.25, -0.2) is 4.79 Å². The van der Waals surface area contributed by atoms with Gasteiger partial charge in [0, 0.05) is 17.0 Å². The van der Waals surface area contributed by atoms with E-state index in [-0.39, 0.29) is 5.75 Å². The number of nitrogens with zero attached hydrogens (tertiary/aromatic N) is 1. The van der Waals surface area contributed by atoms with E-state index in [1.807, 2.05) is 42.5 Å². The average Bonchev–Trinajstić information content (AvgIpc) is 3.26. The number of carbonyl (C=O) groups excluding carboxylic acids is 1. The lowest BCUT2D eigenvalue weighted by Gasteiger charge is -2.19. The van der Waals surface area contributed by atoms with Crippen LogP contribution >= 0.6 is 0 Å². The number of aromatic amines is 1. The SMILES string of the molecule is C=CC(=O)Oc1ccccc1/C(=C(\CC)c1cccc(O)c1)c1ccc2[nH]ncc2c1. The standard InChI is InChI=1S/C26H22N2O3/c1-3-21(17-8-7-9-20(29)15-17)26(18-12-13-23-19(14-18)16-27-28-23)22-10-5-6-11-24(22)31-25(30)4-2/h4-16,29H,2-3H2,1H3,(H,27,28)/b26-21+. The summed E-state index contributed by atoms with van der Waals surface area (Å²) in [5.41, 5.74) is 5.50. The number of allylic oxidation sites excluding steroid dienone is 1. The number of phenols is 1. The maximum Gasteiger partial charge on any atom is 0.335 e. The Balaban J connectivity index is 2.02. The Hall–Kier alpha value is -4.12. The Morgan fingerprint density at radius 3 is 2.71 bits per heavy atom. The Kier molecular flexibility index (Phi) is 5.67. The lowest BCUT2D eigenvalue weighted by Crippen LogP contribution is -2.06. The Labute approximate surface area is 180 Å². The van der Waals surface area contributed by atoms with Crippen LogP contribution in [0.25, 0.3) is 22.0 Å². The number of ether oxygens (including phenoxy) is 1. The van der Waals surface area contributed by atoms with Gasteiger partial charge in [0.15, 0.2) is 0 Å². The highest BCUT2D eigenvalue weighted by Gasteiger charge is 2.18. The Morgan fingerprint density at radius 2 is 1.94 bits per heavy atom. The molecule has 0 bridgehead atoms. The van der Waals surface area contributed by atoms with Crippen molar-refractivity contribution in [2.45, 2.75) is 13.3 Å². The minimum absolute atomic E-state index is 0.194. The first-order valence-electron chi connectivity index (χ1n) is 10.0. The molecule has 3 aromatic carbocycles. The van der Waals surface area contributed by atoms with Crippen molar-refractivity contribution in [3.63, 3.8) is 0 Å². The number of para-hydroxylation sites is 1. The number of phenolic OH excluding ortho intramolecular Hbond substituents is 1. The summed E-state index contributed by atoms with van der Waals surface area (Å²) in [4.78, 5) is 12.0. The number of esters is 1. The Bertz CT molecular complexity index is 1300. The van der Waals surface area contributed by atoms with E-state index in [2.05, 4.69) is 29.8 Å². The maximum atomic E-state index is 12.0. The second-order valence-corrected chi connectivity index (χ2v) is 7.05. The lowest BCUT2D eigenvalue weighted by atomic mass is 9.87. The van der Waals surface area contributed by atoms with Crippen molar-refractivity contribution in [2.24, 2.45) is 0 Å². The van der Waals surface area contributed by atoms with Gasteiger partial charge in [-0.1, -0.05) is 49.9 Å². The smallest absolute Gasteiger partial charge is 0.335 e. The van der Waals surface area contributed by atoms with Crippen molar-refractivity contribution >= 4 is 28.0 Å². The largest absolute Gasteiger partial charge is 0.508 e. The predicted molar refractivity (Wildman–Crippen MR) is 123 cm³/mol. The number of aromatic nitrogens is 2. The van der Waals surface area contributed by atoms with Crippen molar-refractivity contribution in [3.8, 4) is 11.5 Å². The summed E-state index contributed by atoms with van der Waals surface area (Å²) in [6, 6.07) is 20.7. The summed E-state index contributed by atoms with van der Waals surface area (Å²) in [5, 5.41) is 18.2. The summed E-state index contributed by atoms with van der Waals surface area (Å²) in [6.07, 6.45) is 3.62. The van der Waals surface area contributed by atoms with E-state index in [9.17, 15) is 9.90 Å². The van der Waals surface area contributed by atoms with E-state index in [4.69, 9.17) is 4.74 Å². The molecular weight excluding hydrogens is 388 g/mol. The number of carbonyl (C=O) groups is 1. The zero-order valence-corrected chi connectivity index (χ0v) is 17.1. The van der Waals surface area contributed by atoms with E-state index in [0.717, 1.165) is 44.8 Å². The van der Waals surface area contributed by atoms with Crippen molar-refractivity contribution in [1.29, 1.82) is 0 Å². The molecule has 0 spiro atoms. The molecule has 0 aliphatic rings. The van der Waals surface area contributed by atoms with E-state index >= 15 is 0 Å². The van der Waals surface area contributed by atoms with Crippen LogP contribution in [0.4, 0.5) is 0 Å². The second-order valence-electron chi connectivity index (χ2n) is 7.05. The first-order valence-corrected chi connectivity index (χ1v) is 10.0. The molecule has 0 amide bonds. The van der Waals surface area contributed by atoms with Crippen molar-refractivity contribution in [3.05, 3.63) is 102 Å². The molecule has 4 rings (SSSR count). The van der Waals surface area contributed by atoms with Crippen LogP contribution < -0.4 is 4.74 Å². The summed E-state index contributed by atoms with van der Waals surface area (Å²) in [5.74, 6) is 0.118. The lowest BCUT2D eigenvalue weighted by molar-refractivity contribution is -0.128. The van der Waals surface area contributed by atoms with Gasteiger partial charge >= 0.3 is 5.97 Å². The molecule has 1 heterocycles. The summed E-state index contributed by atoms with van der Waals surface area (Å²) < 4.78 is 5.56. The van der Waals surface area contributed by atoms with Crippen LogP contribution in [0.3, 0.4) is 0 Å². The van der Waals surface area contributed by atoms with Crippen LogP contribution in [0, 0.1) is 0 Å². The fraction of sp³-hybridized carbons (Fsp3) is 0.0769. The fourth-order valence-corrected chi connectivity index (χ4v) is 3.72. The van der Waals surface area contributed by atoms with Crippen LogP contribution in [-0.2, 0) is 4.79 Å². The summed E-state index contributed by atoms with van der Waals surface area (Å²) >= 11 is 0. The third kappa shape index (κ3) is 4.12. The van der Waals surface area contributed by atoms with Crippen LogP contribution in [-0.4, -0.2) is 21.3 Å². The number of fused-ring (bicyclic) bond motifs is 1. The third-order valence-electron chi connectivity index (χ3n) is 5.11. The molecule has 0 unspecified atom stereocenters. The van der Waals surface area contributed by atoms with Gasteiger partial charge in [-0.05, 0) is 59.0 Å². The molecule has 0 atom stereocenters. The maximum absolute atomic E-state index is 12.0. The van der Waals surface area contributed by atoms with E-state index < -0.39 is 5.97 Å². The molecule has 0 aliphatic carbocycles. The molecule has 5 nitrogen and oxygen atoms in total. The number of nitrogens with one attached hydrogen (secondary N) is 1. The molecule has 154 valence electrons. The van der Waals surface area contributed by atoms with Crippen LogP contribution in [0.1, 0.15) is 30.0 Å². The number of H-pyrrole nitrogens is 1. The number of hydrogen-bond acceptors (Lipinski definition) is 4. The quantitative estimate of drug-likeness (QED) is 0.184. The first-order chi connectivity index (χ1) is 15.1. The molecule has 4 aromatic rings. The van der Waals surface area contributed by atoms with Gasteiger partial charge in [0.2, 0.25) is 0 Å². The van der Waals surface area contributed by atoms with Gasteiger partial charge in [0.1, 0.15) is 11.5 Å². The van der Waals surface area contributed by atoms with Crippen molar-refractivity contribution < 1.29 is 14.6 Å². The van der Waals surface area contributed by atoms with Crippen molar-refractivity contribution in [2.75, 3.05) is 0 Å². The number of hydrogen-bond donors (Lipinski definition) is 2. The highest BCUT2D eigenvalue weighted by Crippen LogP contribution is 2.39. The molecule has 0 saturated heterocycles. The molecule has 2 N–H and O–H groups in total. The molecule has 31 heavy (non-hydrogen) atoms.